The lowest BCUT2D eigenvalue weighted by Gasteiger charge is -2.56. The molecule has 0 unspecified atom stereocenters. The van der Waals surface area contributed by atoms with Gasteiger partial charge in [0.15, 0.2) is 17.2 Å². The van der Waals surface area contributed by atoms with Crippen LogP contribution in [0.25, 0.3) is 0 Å². The predicted octanol–water partition coefficient (Wildman–Crippen LogP) is 6.39. The summed E-state index contributed by atoms with van der Waals surface area (Å²) in [5, 5.41) is 20.3. The molecule has 0 saturated carbocycles. The first-order valence-corrected chi connectivity index (χ1v) is 12.0. The van der Waals surface area contributed by atoms with E-state index in [2.05, 4.69) is 6.08 Å². The molecule has 0 radical (unpaired) electrons. The first kappa shape index (κ1) is 25.8. The molecule has 1 aliphatic carbocycles. The first-order valence-electron chi connectivity index (χ1n) is 11.1. The molecule has 3 atom stereocenters. The molecule has 1 saturated heterocycles. The molecular formula is C26H32Cl2O5. The van der Waals surface area contributed by atoms with E-state index in [1.807, 2.05) is 26.8 Å². The number of hydrogen-bond acceptors (Lipinski definition) is 5. The highest BCUT2D eigenvalue weighted by Gasteiger charge is 2.70. The Morgan fingerprint density at radius 3 is 2.42 bits per heavy atom. The monoisotopic (exact) mass is 494 g/mol. The van der Waals surface area contributed by atoms with E-state index in [1.165, 1.54) is 18.6 Å². The number of phenolic OH excluding ortho intramolecular Hbond substituents is 2. The number of alkyl halides is 2. The minimum absolute atomic E-state index is 0.00283. The zero-order chi connectivity index (χ0) is 24.9. The van der Waals surface area contributed by atoms with Crippen LogP contribution in [0.15, 0.2) is 29.4 Å². The molecular weight excluding hydrogens is 463 g/mol. The third-order valence-electron chi connectivity index (χ3n) is 6.85. The fourth-order valence-corrected chi connectivity index (χ4v) is 5.44. The van der Waals surface area contributed by atoms with Crippen LogP contribution >= 0.6 is 23.2 Å². The highest BCUT2D eigenvalue weighted by atomic mass is 35.5. The van der Waals surface area contributed by atoms with E-state index in [0.29, 0.717) is 0 Å². The Morgan fingerprint density at radius 2 is 1.82 bits per heavy atom. The Hall–Kier alpha value is -1.82. The number of fused-ring (bicyclic) bond motifs is 2. The number of hydrogen-bond donors (Lipinski definition) is 2. The zero-order valence-electron chi connectivity index (χ0n) is 20.0. The van der Waals surface area contributed by atoms with E-state index in [-0.39, 0.29) is 35.3 Å². The molecule has 0 bridgehead atoms. The lowest BCUT2D eigenvalue weighted by Crippen LogP contribution is -2.72. The van der Waals surface area contributed by atoms with Crippen LogP contribution in [0.1, 0.15) is 86.6 Å². The second kappa shape index (κ2) is 8.75. The lowest BCUT2D eigenvalue weighted by atomic mass is 9.63. The molecule has 0 spiro atoms. The van der Waals surface area contributed by atoms with Crippen molar-refractivity contribution in [1.29, 1.82) is 0 Å². The molecule has 0 aromatic heterocycles. The van der Waals surface area contributed by atoms with Crippen molar-refractivity contribution in [2.75, 3.05) is 0 Å². The quantitative estimate of drug-likeness (QED) is 0.365. The summed E-state index contributed by atoms with van der Waals surface area (Å²) in [5.41, 5.74) is -0.557. The van der Waals surface area contributed by atoms with Crippen molar-refractivity contribution in [3.05, 3.63) is 46.1 Å². The number of allylic oxidation sites excluding steroid dienone is 3. The van der Waals surface area contributed by atoms with Crippen LogP contribution in [0.4, 0.5) is 0 Å². The number of carbonyl (C=O) groups excluding carboxylic acids is 2. The highest BCUT2D eigenvalue weighted by Crippen LogP contribution is 2.57. The van der Waals surface area contributed by atoms with Gasteiger partial charge >= 0.3 is 0 Å². The number of phenols is 2. The molecule has 1 fully saturated rings. The molecule has 1 aromatic rings. The summed E-state index contributed by atoms with van der Waals surface area (Å²) in [6.07, 6.45) is 5.75. The van der Waals surface area contributed by atoms with Gasteiger partial charge in [-0.1, -0.05) is 23.3 Å². The van der Waals surface area contributed by atoms with E-state index < -0.39 is 38.8 Å². The van der Waals surface area contributed by atoms with Gasteiger partial charge in [0.2, 0.25) is 0 Å². The van der Waals surface area contributed by atoms with Crippen LogP contribution in [0, 0.1) is 6.92 Å². The maximum atomic E-state index is 14.0. The van der Waals surface area contributed by atoms with Gasteiger partial charge in [0.25, 0.3) is 0 Å². The number of carbonyl (C=O) groups is 2. The summed E-state index contributed by atoms with van der Waals surface area (Å²) in [6, 6.07) is 1.22. The molecule has 1 aliphatic heterocycles. The number of ketones is 2. The van der Waals surface area contributed by atoms with Crippen LogP contribution < -0.4 is 0 Å². The zero-order valence-corrected chi connectivity index (χ0v) is 21.5. The molecule has 33 heavy (non-hydrogen) atoms. The van der Waals surface area contributed by atoms with Gasteiger partial charge in [-0.15, -0.1) is 23.2 Å². The van der Waals surface area contributed by atoms with Gasteiger partial charge in [-0.25, -0.2) is 0 Å². The molecule has 2 N–H and O–H groups in total. The van der Waals surface area contributed by atoms with Gasteiger partial charge in [-0.2, -0.15) is 0 Å². The van der Waals surface area contributed by atoms with Crippen molar-refractivity contribution in [1.82, 2.24) is 0 Å². The Morgan fingerprint density at radius 1 is 1.18 bits per heavy atom. The summed E-state index contributed by atoms with van der Waals surface area (Å²) < 4.78 is 6.37. The van der Waals surface area contributed by atoms with Crippen LogP contribution in [-0.4, -0.2) is 43.2 Å². The average molecular weight is 495 g/mol. The third-order valence-corrected chi connectivity index (χ3v) is 8.16. The van der Waals surface area contributed by atoms with Crippen molar-refractivity contribution >= 4 is 34.8 Å². The largest absolute Gasteiger partial charge is 0.508 e. The standard InChI is InChI=1S/C26H32Cl2O5/c1-14(2)8-7-9-15(3)10-11-26-22(31)17-12-18(29)16(4)21(30)20(17)23(32)25(26,28)13-19(27)24(5,6)33-26/h8,10,12,19,29-30H,7,9,11,13H2,1-6H3/b15-10+/t19-,25+,26+/m1/s1. The maximum absolute atomic E-state index is 14.0. The van der Waals surface area contributed by atoms with Crippen molar-refractivity contribution < 1.29 is 24.5 Å². The lowest BCUT2D eigenvalue weighted by molar-refractivity contribution is -0.157. The molecule has 180 valence electrons. The second-order valence-electron chi connectivity index (χ2n) is 10.0. The highest BCUT2D eigenvalue weighted by molar-refractivity contribution is 6.45. The smallest absolute Gasteiger partial charge is 0.198 e. The van der Waals surface area contributed by atoms with Gasteiger partial charge in [0.05, 0.1) is 16.5 Å². The van der Waals surface area contributed by atoms with Crippen molar-refractivity contribution in [3.8, 4) is 11.5 Å². The number of halogens is 2. The fraction of sp³-hybridized carbons (Fsp3) is 0.538. The molecule has 0 amide bonds. The van der Waals surface area contributed by atoms with Crippen molar-refractivity contribution in [2.45, 2.75) is 88.7 Å². The van der Waals surface area contributed by atoms with E-state index >= 15 is 0 Å². The summed E-state index contributed by atoms with van der Waals surface area (Å²) in [7, 11) is 0. The minimum Gasteiger partial charge on any atom is -0.508 e. The SMILES string of the molecule is CC(C)=CCC/C(C)=C/C[C@@]12OC(C)(C)[C@H](Cl)C[C@]1(Cl)C(=O)c1c(cc(O)c(C)c1O)C2=O. The first-order chi connectivity index (χ1) is 15.2. The molecule has 3 rings (SSSR count). The number of benzene rings is 1. The molecule has 7 heteroatoms. The number of ether oxygens (including phenoxy) is 1. The number of Topliss-reactive ketones (excluding diaryl/α,β-unsaturated/α-hetero) is 2. The maximum Gasteiger partial charge on any atom is 0.198 e. The van der Waals surface area contributed by atoms with Gasteiger partial charge in [-0.05, 0) is 66.9 Å². The van der Waals surface area contributed by atoms with E-state index in [4.69, 9.17) is 27.9 Å². The summed E-state index contributed by atoms with van der Waals surface area (Å²) in [5.74, 6) is -1.87. The summed E-state index contributed by atoms with van der Waals surface area (Å²) in [4.78, 5) is 26.0. The Bertz CT molecular complexity index is 1070. The van der Waals surface area contributed by atoms with Crippen LogP contribution in [0.5, 0.6) is 11.5 Å². The minimum atomic E-state index is -1.80. The predicted molar refractivity (Wildman–Crippen MR) is 131 cm³/mol. The fourth-order valence-electron chi connectivity index (χ4n) is 4.64. The van der Waals surface area contributed by atoms with Gasteiger partial charge < -0.3 is 14.9 Å². The van der Waals surface area contributed by atoms with E-state index in [0.717, 1.165) is 18.4 Å². The molecule has 1 aromatic carbocycles. The molecule has 5 nitrogen and oxygen atoms in total. The summed E-state index contributed by atoms with van der Waals surface area (Å²) in [6.45, 7) is 11.0. The topological polar surface area (TPSA) is 83.8 Å². The second-order valence-corrected chi connectivity index (χ2v) is 11.2. The van der Waals surface area contributed by atoms with Gasteiger partial charge in [-0.3, -0.25) is 9.59 Å². The van der Waals surface area contributed by atoms with Crippen molar-refractivity contribution in [3.63, 3.8) is 0 Å². The van der Waals surface area contributed by atoms with Crippen LogP contribution in [0.3, 0.4) is 0 Å². The Balaban J connectivity index is 2.17. The number of rotatable bonds is 5. The molecule has 1 heterocycles. The summed E-state index contributed by atoms with van der Waals surface area (Å²) >= 11 is 13.6. The van der Waals surface area contributed by atoms with Gasteiger partial charge in [0.1, 0.15) is 16.4 Å². The van der Waals surface area contributed by atoms with E-state index in [9.17, 15) is 19.8 Å². The van der Waals surface area contributed by atoms with E-state index in [1.54, 1.807) is 13.8 Å². The average Bonchev–Trinajstić information content (AvgIpc) is 2.71. The normalized spacial score (nSPS) is 28.8. The van der Waals surface area contributed by atoms with Crippen LogP contribution in [-0.2, 0) is 4.74 Å². The van der Waals surface area contributed by atoms with Crippen molar-refractivity contribution in [2.24, 2.45) is 0 Å². The Labute approximate surface area is 205 Å². The molecule has 2 aliphatic rings. The number of aromatic hydroxyl groups is 2. The van der Waals surface area contributed by atoms with Crippen LogP contribution in [0.2, 0.25) is 0 Å². The Kier molecular flexibility index (Phi) is 6.84. The third kappa shape index (κ3) is 4.13. The van der Waals surface area contributed by atoms with Gasteiger partial charge in [0, 0.05) is 17.5 Å².